The number of rotatable bonds is 7. The zero-order valence-corrected chi connectivity index (χ0v) is 15.8. The number of hydrogen-bond acceptors (Lipinski definition) is 6. The fraction of sp³-hybridized carbons (Fsp3) is 0.611. The number of ether oxygens (including phenoxy) is 1. The standard InChI is InChI=1S/C18H26O6S/c1-4-6-16-17(10-9-15(12(2)19)18(16)20)23-13-7-5-8-14(11-13)24-25(3,21)22/h9-10,13-14,20H,4-8,11H2,1-3H3/t13-,14+/m1/s1. The minimum Gasteiger partial charge on any atom is -0.507 e. The van der Waals surface area contributed by atoms with Crippen molar-refractivity contribution in [2.45, 2.75) is 64.6 Å². The minimum atomic E-state index is -3.49. The largest absolute Gasteiger partial charge is 0.507 e. The van der Waals surface area contributed by atoms with Crippen molar-refractivity contribution >= 4 is 15.9 Å². The van der Waals surface area contributed by atoms with Crippen molar-refractivity contribution in [3.05, 3.63) is 23.3 Å². The van der Waals surface area contributed by atoms with Crippen LogP contribution in [0.5, 0.6) is 11.5 Å². The maximum atomic E-state index is 11.6. The number of ketones is 1. The Balaban J connectivity index is 2.18. The minimum absolute atomic E-state index is 0.0217. The average Bonchev–Trinajstić information content (AvgIpc) is 2.49. The molecule has 1 saturated carbocycles. The second-order valence-electron chi connectivity index (χ2n) is 6.57. The van der Waals surface area contributed by atoms with Crippen LogP contribution in [0, 0.1) is 0 Å². The molecule has 7 heteroatoms. The Bertz CT molecular complexity index is 725. The van der Waals surface area contributed by atoms with Crippen molar-refractivity contribution < 1.29 is 27.2 Å². The molecule has 25 heavy (non-hydrogen) atoms. The lowest BCUT2D eigenvalue weighted by Crippen LogP contribution is -2.31. The van der Waals surface area contributed by atoms with Gasteiger partial charge in [-0.25, -0.2) is 0 Å². The molecule has 1 fully saturated rings. The van der Waals surface area contributed by atoms with Gasteiger partial charge >= 0.3 is 0 Å². The summed E-state index contributed by atoms with van der Waals surface area (Å²) >= 11 is 0. The van der Waals surface area contributed by atoms with E-state index < -0.39 is 10.1 Å². The second kappa shape index (κ2) is 8.19. The van der Waals surface area contributed by atoms with Gasteiger partial charge in [0.1, 0.15) is 17.6 Å². The van der Waals surface area contributed by atoms with Gasteiger partial charge in [-0.05, 0) is 44.7 Å². The number of phenols is 1. The number of Topliss-reactive ketones (excluding diaryl/α,β-unsaturated/α-hetero) is 1. The third-order valence-corrected chi connectivity index (χ3v) is 4.92. The lowest BCUT2D eigenvalue weighted by atomic mass is 9.94. The highest BCUT2D eigenvalue weighted by atomic mass is 32.2. The lowest BCUT2D eigenvalue weighted by molar-refractivity contribution is 0.0717. The van der Waals surface area contributed by atoms with Crippen molar-refractivity contribution in [3.63, 3.8) is 0 Å². The van der Waals surface area contributed by atoms with E-state index in [4.69, 9.17) is 8.92 Å². The zero-order valence-electron chi connectivity index (χ0n) is 14.9. The van der Waals surface area contributed by atoms with Crippen LogP contribution in [0.4, 0.5) is 0 Å². The van der Waals surface area contributed by atoms with Gasteiger partial charge in [0.2, 0.25) is 0 Å². The maximum Gasteiger partial charge on any atom is 0.264 e. The van der Waals surface area contributed by atoms with Crippen molar-refractivity contribution in [1.82, 2.24) is 0 Å². The van der Waals surface area contributed by atoms with Crippen LogP contribution in [-0.2, 0) is 20.7 Å². The van der Waals surface area contributed by atoms with Gasteiger partial charge in [-0.2, -0.15) is 8.42 Å². The Morgan fingerprint density at radius 2 is 1.96 bits per heavy atom. The first-order valence-electron chi connectivity index (χ1n) is 8.62. The third-order valence-electron chi connectivity index (χ3n) is 4.30. The fourth-order valence-electron chi connectivity index (χ4n) is 3.23. The van der Waals surface area contributed by atoms with Gasteiger partial charge in [-0.1, -0.05) is 13.3 Å². The molecule has 0 aliphatic heterocycles. The highest BCUT2D eigenvalue weighted by Crippen LogP contribution is 2.35. The molecule has 0 spiro atoms. The number of phenolic OH excluding ortho intramolecular Hbond substituents is 1. The van der Waals surface area contributed by atoms with Crippen molar-refractivity contribution in [3.8, 4) is 11.5 Å². The summed E-state index contributed by atoms with van der Waals surface area (Å²) in [4.78, 5) is 11.6. The lowest BCUT2D eigenvalue weighted by Gasteiger charge is -2.29. The van der Waals surface area contributed by atoms with Gasteiger partial charge in [0.05, 0.1) is 17.9 Å². The molecule has 0 radical (unpaired) electrons. The van der Waals surface area contributed by atoms with Crippen molar-refractivity contribution in [1.29, 1.82) is 0 Å². The molecule has 0 heterocycles. The van der Waals surface area contributed by atoms with E-state index in [0.29, 0.717) is 30.6 Å². The van der Waals surface area contributed by atoms with Gasteiger partial charge in [0.15, 0.2) is 5.78 Å². The highest BCUT2D eigenvalue weighted by molar-refractivity contribution is 7.86. The number of hydrogen-bond donors (Lipinski definition) is 1. The summed E-state index contributed by atoms with van der Waals surface area (Å²) in [5.74, 6) is 0.335. The van der Waals surface area contributed by atoms with Gasteiger partial charge in [-0.15, -0.1) is 0 Å². The Kier molecular flexibility index (Phi) is 6.46. The number of carbonyl (C=O) groups excluding carboxylic acids is 1. The van der Waals surface area contributed by atoms with E-state index in [1.54, 1.807) is 12.1 Å². The van der Waals surface area contributed by atoms with Crippen LogP contribution in [0.2, 0.25) is 0 Å². The first-order valence-corrected chi connectivity index (χ1v) is 10.4. The van der Waals surface area contributed by atoms with Gasteiger partial charge in [-0.3, -0.25) is 8.98 Å². The van der Waals surface area contributed by atoms with E-state index in [1.165, 1.54) is 6.92 Å². The maximum absolute atomic E-state index is 11.6. The predicted octanol–water partition coefficient (Wildman–Crippen LogP) is 3.21. The molecule has 1 aromatic carbocycles. The van der Waals surface area contributed by atoms with Gasteiger partial charge in [0, 0.05) is 12.0 Å². The van der Waals surface area contributed by atoms with Crippen LogP contribution in [0.1, 0.15) is 61.9 Å². The third kappa shape index (κ3) is 5.44. The van der Waals surface area contributed by atoms with Crippen LogP contribution in [0.3, 0.4) is 0 Å². The molecular weight excluding hydrogens is 344 g/mol. The van der Waals surface area contributed by atoms with Gasteiger partial charge in [0.25, 0.3) is 10.1 Å². The molecular formula is C18H26O6S. The highest BCUT2D eigenvalue weighted by Gasteiger charge is 2.28. The molecule has 6 nitrogen and oxygen atoms in total. The summed E-state index contributed by atoms with van der Waals surface area (Å²) in [6.45, 7) is 3.40. The number of aromatic hydroxyl groups is 1. The SMILES string of the molecule is CCCc1c(O[C@@H]2CCC[C@H](OS(C)(=O)=O)C2)ccc(C(C)=O)c1O. The molecule has 2 rings (SSSR count). The molecule has 0 saturated heterocycles. The van der Waals surface area contributed by atoms with Crippen molar-refractivity contribution in [2.75, 3.05) is 6.26 Å². The van der Waals surface area contributed by atoms with E-state index >= 15 is 0 Å². The summed E-state index contributed by atoms with van der Waals surface area (Å²) in [6, 6.07) is 3.28. The Morgan fingerprint density at radius 3 is 2.56 bits per heavy atom. The molecule has 1 aromatic rings. The predicted molar refractivity (Wildman–Crippen MR) is 94.7 cm³/mol. The normalized spacial score (nSPS) is 21.1. The summed E-state index contributed by atoms with van der Waals surface area (Å²) in [7, 11) is -3.49. The first kappa shape index (κ1) is 19.7. The Hall–Kier alpha value is -1.60. The molecule has 1 N–H and O–H groups in total. The molecule has 140 valence electrons. The van der Waals surface area contributed by atoms with E-state index in [0.717, 1.165) is 25.5 Å². The summed E-state index contributed by atoms with van der Waals surface area (Å²) in [5, 5.41) is 10.4. The van der Waals surface area contributed by atoms with Crippen molar-refractivity contribution in [2.24, 2.45) is 0 Å². The van der Waals surface area contributed by atoms with E-state index in [1.807, 2.05) is 6.92 Å². The molecule has 0 aromatic heterocycles. The molecule has 0 amide bonds. The smallest absolute Gasteiger partial charge is 0.264 e. The molecule has 0 unspecified atom stereocenters. The quantitative estimate of drug-likeness (QED) is 0.585. The Labute approximate surface area is 149 Å². The zero-order chi connectivity index (χ0) is 18.6. The van der Waals surface area contributed by atoms with Gasteiger partial charge < -0.3 is 9.84 Å². The first-order chi connectivity index (χ1) is 11.7. The van der Waals surface area contributed by atoms with Crippen LogP contribution in [-0.4, -0.2) is 37.8 Å². The van der Waals surface area contributed by atoms with Crippen LogP contribution in [0.25, 0.3) is 0 Å². The average molecular weight is 370 g/mol. The van der Waals surface area contributed by atoms with E-state index in [-0.39, 0.29) is 29.3 Å². The van der Waals surface area contributed by atoms with E-state index in [2.05, 4.69) is 0 Å². The number of benzene rings is 1. The number of carbonyl (C=O) groups is 1. The van der Waals surface area contributed by atoms with Crippen LogP contribution in [0.15, 0.2) is 12.1 Å². The molecule has 0 bridgehead atoms. The topological polar surface area (TPSA) is 89.9 Å². The van der Waals surface area contributed by atoms with Crippen LogP contribution >= 0.6 is 0 Å². The summed E-state index contributed by atoms with van der Waals surface area (Å²) in [6.07, 6.45) is 4.66. The molecule has 1 aliphatic carbocycles. The van der Waals surface area contributed by atoms with Crippen LogP contribution < -0.4 is 4.74 Å². The summed E-state index contributed by atoms with van der Waals surface area (Å²) in [5.41, 5.74) is 0.916. The molecule has 1 aliphatic rings. The second-order valence-corrected chi connectivity index (χ2v) is 8.17. The molecule has 2 atom stereocenters. The summed E-state index contributed by atoms with van der Waals surface area (Å²) < 4.78 is 33.8. The fourth-order valence-corrected chi connectivity index (χ4v) is 3.90. The Morgan fingerprint density at radius 1 is 1.28 bits per heavy atom. The monoisotopic (exact) mass is 370 g/mol. The van der Waals surface area contributed by atoms with E-state index in [9.17, 15) is 18.3 Å².